The van der Waals surface area contributed by atoms with Gasteiger partial charge in [-0.1, -0.05) is 41.7 Å². The van der Waals surface area contributed by atoms with Gasteiger partial charge in [0, 0.05) is 11.6 Å². The van der Waals surface area contributed by atoms with Crippen LogP contribution in [-0.4, -0.2) is 23.1 Å². The zero-order valence-electron chi connectivity index (χ0n) is 15.9. The quantitative estimate of drug-likeness (QED) is 0.336. The number of furan rings is 1. The van der Waals surface area contributed by atoms with Gasteiger partial charge in [-0.15, -0.1) is 0 Å². The molecule has 0 aliphatic heterocycles. The van der Waals surface area contributed by atoms with Crippen LogP contribution >= 0.6 is 23.6 Å². The molecular weight excluding hydrogens is 418 g/mol. The van der Waals surface area contributed by atoms with Crippen LogP contribution in [0.1, 0.15) is 5.76 Å². The fourth-order valence-electron chi connectivity index (χ4n) is 2.73. The van der Waals surface area contributed by atoms with Gasteiger partial charge < -0.3 is 14.5 Å². The number of fused-ring (bicyclic) bond motifs is 1. The lowest BCUT2D eigenvalue weighted by Gasteiger charge is -2.04. The zero-order valence-corrected chi connectivity index (χ0v) is 17.5. The smallest absolute Gasteiger partial charge is 0.250 e. The Morgan fingerprint density at radius 1 is 1.17 bits per heavy atom. The minimum atomic E-state index is -0.368. The normalized spacial score (nSPS) is 11.0. The molecule has 2 aromatic heterocycles. The number of nitrogens with zero attached hydrogens (tertiary/aromatic N) is 1. The largest absolute Gasteiger partial charge is 0.497 e. The maximum Gasteiger partial charge on any atom is 0.250 e. The van der Waals surface area contributed by atoms with E-state index in [1.54, 1.807) is 19.3 Å². The third kappa shape index (κ3) is 4.73. The second kappa shape index (κ2) is 8.89. The van der Waals surface area contributed by atoms with Crippen molar-refractivity contribution in [1.82, 2.24) is 10.3 Å². The van der Waals surface area contributed by atoms with Crippen molar-refractivity contribution in [2.24, 2.45) is 0 Å². The van der Waals surface area contributed by atoms with E-state index in [1.165, 1.54) is 17.4 Å². The first-order valence-electron chi connectivity index (χ1n) is 9.00. The number of amides is 1. The highest BCUT2D eigenvalue weighted by molar-refractivity contribution is 7.80. The highest BCUT2D eigenvalue weighted by Crippen LogP contribution is 2.29. The van der Waals surface area contributed by atoms with Crippen molar-refractivity contribution in [2.75, 3.05) is 12.4 Å². The van der Waals surface area contributed by atoms with Crippen LogP contribution in [0.25, 0.3) is 27.6 Å². The molecule has 8 heteroatoms. The molecule has 2 N–H and O–H groups in total. The Kier molecular flexibility index (Phi) is 5.87. The molecule has 0 saturated heterocycles. The van der Waals surface area contributed by atoms with Gasteiger partial charge in [0.1, 0.15) is 17.3 Å². The molecule has 0 fully saturated rings. The maximum absolute atomic E-state index is 12.1. The molecule has 4 aromatic rings. The van der Waals surface area contributed by atoms with Crippen LogP contribution in [0.3, 0.4) is 0 Å². The molecule has 0 unspecified atom stereocenters. The second-order valence-electron chi connectivity index (χ2n) is 6.20. The maximum atomic E-state index is 12.1. The number of benzene rings is 2. The van der Waals surface area contributed by atoms with Gasteiger partial charge >= 0.3 is 0 Å². The molecular formula is C22H17N3O3S2. The standard InChI is InChI=1S/C22H17N3O3S2/c1-27-16-7-10-17-19(13-16)30-22(23-17)25-21(29)24-20(26)12-9-15-8-11-18(28-15)14-5-3-2-4-6-14/h2-13H,1H3,(H2,23,24,25,26,29)/b12-9+. The van der Waals surface area contributed by atoms with Crippen LogP contribution in [-0.2, 0) is 4.79 Å². The lowest BCUT2D eigenvalue weighted by molar-refractivity contribution is -0.115. The molecule has 1 amide bonds. The minimum Gasteiger partial charge on any atom is -0.497 e. The van der Waals surface area contributed by atoms with Gasteiger partial charge in [-0.05, 0) is 48.6 Å². The molecule has 0 saturated carbocycles. The fourth-order valence-corrected chi connectivity index (χ4v) is 3.89. The first-order valence-corrected chi connectivity index (χ1v) is 10.2. The molecule has 2 aromatic carbocycles. The van der Waals surface area contributed by atoms with Gasteiger partial charge in [0.25, 0.3) is 0 Å². The van der Waals surface area contributed by atoms with E-state index in [1.807, 2.05) is 54.6 Å². The van der Waals surface area contributed by atoms with Crippen molar-refractivity contribution in [3.05, 3.63) is 72.5 Å². The summed E-state index contributed by atoms with van der Waals surface area (Å²) < 4.78 is 11.9. The van der Waals surface area contributed by atoms with Crippen molar-refractivity contribution >= 4 is 56.0 Å². The lowest BCUT2D eigenvalue weighted by Crippen LogP contribution is -2.32. The number of hydrogen-bond donors (Lipinski definition) is 2. The molecule has 2 heterocycles. The van der Waals surface area contributed by atoms with Crippen molar-refractivity contribution in [1.29, 1.82) is 0 Å². The van der Waals surface area contributed by atoms with Crippen molar-refractivity contribution in [2.45, 2.75) is 0 Å². The molecule has 0 aliphatic carbocycles. The Balaban J connectivity index is 1.35. The molecule has 30 heavy (non-hydrogen) atoms. The van der Waals surface area contributed by atoms with Crippen LogP contribution < -0.4 is 15.4 Å². The van der Waals surface area contributed by atoms with Crippen LogP contribution in [0.5, 0.6) is 5.75 Å². The Hall–Kier alpha value is -3.49. The number of nitrogens with one attached hydrogen (secondary N) is 2. The summed E-state index contributed by atoms with van der Waals surface area (Å²) in [5.41, 5.74) is 1.80. The summed E-state index contributed by atoms with van der Waals surface area (Å²) in [4.78, 5) is 16.6. The third-order valence-electron chi connectivity index (χ3n) is 4.14. The monoisotopic (exact) mass is 435 g/mol. The third-order valence-corrected chi connectivity index (χ3v) is 5.27. The van der Waals surface area contributed by atoms with E-state index in [9.17, 15) is 4.79 Å². The summed E-state index contributed by atoms with van der Waals surface area (Å²) in [6.45, 7) is 0. The van der Waals surface area contributed by atoms with Crippen LogP contribution in [0.15, 0.2) is 71.2 Å². The number of carbonyl (C=O) groups is 1. The first-order chi connectivity index (χ1) is 14.6. The summed E-state index contributed by atoms with van der Waals surface area (Å²) in [5.74, 6) is 1.70. The van der Waals surface area contributed by atoms with Gasteiger partial charge in [-0.3, -0.25) is 10.1 Å². The number of thiocarbonyl (C=S) groups is 1. The van der Waals surface area contributed by atoms with E-state index >= 15 is 0 Å². The minimum absolute atomic E-state index is 0.167. The Morgan fingerprint density at radius 3 is 2.80 bits per heavy atom. The number of aromatic nitrogens is 1. The number of carbonyl (C=O) groups excluding carboxylic acids is 1. The van der Waals surface area contributed by atoms with Gasteiger partial charge in [0.2, 0.25) is 5.91 Å². The molecule has 0 aliphatic rings. The predicted octanol–water partition coefficient (Wildman–Crippen LogP) is 5.09. The first kappa shape index (κ1) is 19.8. The highest BCUT2D eigenvalue weighted by atomic mass is 32.1. The number of hydrogen-bond acceptors (Lipinski definition) is 6. The Labute approximate surface area is 182 Å². The van der Waals surface area contributed by atoms with E-state index in [-0.39, 0.29) is 11.0 Å². The van der Waals surface area contributed by atoms with Gasteiger partial charge in [-0.2, -0.15) is 0 Å². The topological polar surface area (TPSA) is 76.4 Å². The van der Waals surface area contributed by atoms with Gasteiger partial charge in [-0.25, -0.2) is 4.98 Å². The van der Waals surface area contributed by atoms with Gasteiger partial charge in [0.15, 0.2) is 10.2 Å². The highest BCUT2D eigenvalue weighted by Gasteiger charge is 2.08. The lowest BCUT2D eigenvalue weighted by atomic mass is 10.2. The van der Waals surface area contributed by atoms with E-state index in [0.717, 1.165) is 27.3 Å². The van der Waals surface area contributed by atoms with Crippen LogP contribution in [0.2, 0.25) is 0 Å². The SMILES string of the molecule is COc1ccc2nc(NC(=S)NC(=O)/C=C/c3ccc(-c4ccccc4)o3)sc2c1. The van der Waals surface area contributed by atoms with Gasteiger partial charge in [0.05, 0.1) is 17.3 Å². The molecule has 0 spiro atoms. The van der Waals surface area contributed by atoms with E-state index < -0.39 is 0 Å². The summed E-state index contributed by atoms with van der Waals surface area (Å²) in [6.07, 6.45) is 2.96. The van der Waals surface area contributed by atoms with Crippen LogP contribution in [0, 0.1) is 0 Å². The number of ether oxygens (including phenoxy) is 1. The Bertz CT molecular complexity index is 1230. The molecule has 6 nitrogen and oxygen atoms in total. The van der Waals surface area contributed by atoms with E-state index in [4.69, 9.17) is 21.4 Å². The molecule has 0 bridgehead atoms. The summed E-state index contributed by atoms with van der Waals surface area (Å²) >= 11 is 6.63. The predicted molar refractivity (Wildman–Crippen MR) is 124 cm³/mol. The summed E-state index contributed by atoms with van der Waals surface area (Å²) in [6, 6.07) is 19.0. The fraction of sp³-hybridized carbons (Fsp3) is 0.0455. The van der Waals surface area contributed by atoms with E-state index in [0.29, 0.717) is 10.9 Å². The molecule has 0 atom stereocenters. The number of methoxy groups -OCH3 is 1. The zero-order chi connectivity index (χ0) is 20.9. The average Bonchev–Trinajstić information content (AvgIpc) is 3.38. The summed E-state index contributed by atoms with van der Waals surface area (Å²) in [7, 11) is 1.62. The Morgan fingerprint density at radius 2 is 2.00 bits per heavy atom. The number of thiazole rings is 1. The van der Waals surface area contributed by atoms with Crippen molar-refractivity contribution in [3.8, 4) is 17.1 Å². The number of anilines is 1. The summed E-state index contributed by atoms with van der Waals surface area (Å²) in [5, 5.41) is 6.29. The van der Waals surface area contributed by atoms with Crippen molar-refractivity contribution in [3.63, 3.8) is 0 Å². The average molecular weight is 436 g/mol. The second-order valence-corrected chi connectivity index (χ2v) is 7.64. The molecule has 150 valence electrons. The molecule has 4 rings (SSSR count). The van der Waals surface area contributed by atoms with E-state index in [2.05, 4.69) is 15.6 Å². The van der Waals surface area contributed by atoms with Crippen molar-refractivity contribution < 1.29 is 13.9 Å². The number of rotatable bonds is 5. The molecule has 0 radical (unpaired) electrons. The van der Waals surface area contributed by atoms with Crippen LogP contribution in [0.4, 0.5) is 5.13 Å².